The minimum absolute atomic E-state index is 0.211. The van der Waals surface area contributed by atoms with Crippen LogP contribution in [-0.4, -0.2) is 23.6 Å². The van der Waals surface area contributed by atoms with Crippen LogP contribution in [0.4, 0.5) is 21.7 Å². The van der Waals surface area contributed by atoms with Gasteiger partial charge in [0.05, 0.1) is 0 Å². The molecule has 0 unspecified atom stereocenters. The molecule has 0 saturated heterocycles. The molecule has 0 fully saturated rings. The van der Waals surface area contributed by atoms with E-state index in [1.807, 2.05) is 19.2 Å². The second kappa shape index (κ2) is 5.68. The van der Waals surface area contributed by atoms with E-state index in [2.05, 4.69) is 27.1 Å². The van der Waals surface area contributed by atoms with Crippen LogP contribution in [0.3, 0.4) is 0 Å². The van der Waals surface area contributed by atoms with Gasteiger partial charge < -0.3 is 10.2 Å². The molecule has 110 valence electrons. The Labute approximate surface area is 124 Å². The quantitative estimate of drug-likeness (QED) is 0.936. The molecule has 1 aromatic carbocycles. The summed E-state index contributed by atoms with van der Waals surface area (Å²) in [6.45, 7) is 2.93. The van der Waals surface area contributed by atoms with Crippen molar-refractivity contribution in [3.8, 4) is 0 Å². The Morgan fingerprint density at radius 2 is 2.14 bits per heavy atom. The summed E-state index contributed by atoms with van der Waals surface area (Å²) in [5.74, 6) is 2.25. The standard InChI is InChI=1S/C16H19FN4/c1-3-4-14-19-15(18-2)10-16(20-14)21-8-7-11-5-6-12(17)9-13(11)21/h5-6,9-10H,3-4,7-8H2,1-2H3,(H,18,19,20). The molecule has 0 atom stereocenters. The predicted octanol–water partition coefficient (Wildman–Crippen LogP) is 3.30. The van der Waals surface area contributed by atoms with Gasteiger partial charge in [0, 0.05) is 31.8 Å². The highest BCUT2D eigenvalue weighted by atomic mass is 19.1. The Kier molecular flexibility index (Phi) is 3.73. The van der Waals surface area contributed by atoms with Crippen LogP contribution in [-0.2, 0) is 12.8 Å². The van der Waals surface area contributed by atoms with Crippen molar-refractivity contribution in [3.05, 3.63) is 41.5 Å². The Balaban J connectivity index is 2.02. The lowest BCUT2D eigenvalue weighted by Gasteiger charge is -2.19. The number of halogens is 1. The van der Waals surface area contributed by atoms with Crippen molar-refractivity contribution in [2.75, 3.05) is 23.8 Å². The van der Waals surface area contributed by atoms with Crippen molar-refractivity contribution in [3.63, 3.8) is 0 Å². The van der Waals surface area contributed by atoms with Gasteiger partial charge in [0.1, 0.15) is 23.3 Å². The smallest absolute Gasteiger partial charge is 0.138 e. The molecule has 0 saturated carbocycles. The molecule has 2 heterocycles. The van der Waals surface area contributed by atoms with Crippen molar-refractivity contribution in [1.82, 2.24) is 9.97 Å². The number of rotatable bonds is 4. The van der Waals surface area contributed by atoms with Crippen LogP contribution in [0.2, 0.25) is 0 Å². The minimum Gasteiger partial charge on any atom is -0.373 e. The maximum absolute atomic E-state index is 13.5. The maximum atomic E-state index is 13.5. The molecular formula is C16H19FN4. The highest BCUT2D eigenvalue weighted by molar-refractivity contribution is 5.69. The predicted molar refractivity (Wildman–Crippen MR) is 82.7 cm³/mol. The molecule has 0 aliphatic carbocycles. The van der Waals surface area contributed by atoms with Crippen LogP contribution in [0, 0.1) is 5.82 Å². The van der Waals surface area contributed by atoms with Crippen LogP contribution >= 0.6 is 0 Å². The molecule has 3 rings (SSSR count). The van der Waals surface area contributed by atoms with E-state index in [0.29, 0.717) is 0 Å². The molecule has 0 bridgehead atoms. The fourth-order valence-corrected chi connectivity index (χ4v) is 2.68. The molecule has 2 aromatic rings. The second-order valence-electron chi connectivity index (χ2n) is 5.20. The van der Waals surface area contributed by atoms with Crippen LogP contribution in [0.25, 0.3) is 0 Å². The van der Waals surface area contributed by atoms with Gasteiger partial charge in [-0.05, 0) is 30.5 Å². The van der Waals surface area contributed by atoms with Gasteiger partial charge in [-0.25, -0.2) is 14.4 Å². The van der Waals surface area contributed by atoms with Crippen LogP contribution < -0.4 is 10.2 Å². The molecule has 5 heteroatoms. The topological polar surface area (TPSA) is 41.1 Å². The Hall–Kier alpha value is -2.17. The second-order valence-corrected chi connectivity index (χ2v) is 5.20. The van der Waals surface area contributed by atoms with Crippen molar-refractivity contribution < 1.29 is 4.39 Å². The number of nitrogens with one attached hydrogen (secondary N) is 1. The first kappa shape index (κ1) is 13.8. The molecular weight excluding hydrogens is 267 g/mol. The SMILES string of the molecule is CCCc1nc(NC)cc(N2CCc3ccc(F)cc32)n1. The van der Waals surface area contributed by atoms with Crippen LogP contribution in [0.1, 0.15) is 24.7 Å². The van der Waals surface area contributed by atoms with Crippen molar-refractivity contribution in [2.45, 2.75) is 26.2 Å². The van der Waals surface area contributed by atoms with Gasteiger partial charge in [-0.1, -0.05) is 13.0 Å². The Bertz CT molecular complexity index is 657. The number of anilines is 3. The van der Waals surface area contributed by atoms with E-state index in [-0.39, 0.29) is 5.82 Å². The molecule has 1 aromatic heterocycles. The van der Waals surface area contributed by atoms with E-state index in [9.17, 15) is 4.39 Å². The minimum atomic E-state index is -0.211. The number of nitrogens with zero attached hydrogens (tertiary/aromatic N) is 3. The summed E-state index contributed by atoms with van der Waals surface area (Å²) in [4.78, 5) is 11.2. The number of hydrogen-bond donors (Lipinski definition) is 1. The van der Waals surface area contributed by atoms with Gasteiger partial charge in [-0.3, -0.25) is 0 Å². The first-order valence-corrected chi connectivity index (χ1v) is 7.33. The number of aromatic nitrogens is 2. The van der Waals surface area contributed by atoms with Gasteiger partial charge in [0.2, 0.25) is 0 Å². The Morgan fingerprint density at radius 1 is 1.29 bits per heavy atom. The van der Waals surface area contributed by atoms with E-state index < -0.39 is 0 Å². The van der Waals surface area contributed by atoms with E-state index >= 15 is 0 Å². The van der Waals surface area contributed by atoms with Gasteiger partial charge in [0.25, 0.3) is 0 Å². The Morgan fingerprint density at radius 3 is 2.90 bits per heavy atom. The molecule has 1 aliphatic rings. The average molecular weight is 286 g/mol. The zero-order valence-corrected chi connectivity index (χ0v) is 12.4. The third-order valence-electron chi connectivity index (χ3n) is 3.71. The number of fused-ring (bicyclic) bond motifs is 1. The summed E-state index contributed by atoms with van der Waals surface area (Å²) in [6.07, 6.45) is 2.75. The summed E-state index contributed by atoms with van der Waals surface area (Å²) in [7, 11) is 1.85. The first-order chi connectivity index (χ1) is 10.2. The average Bonchev–Trinajstić information content (AvgIpc) is 2.90. The van der Waals surface area contributed by atoms with Gasteiger partial charge in [0.15, 0.2) is 0 Å². The summed E-state index contributed by atoms with van der Waals surface area (Å²) in [5, 5.41) is 3.07. The van der Waals surface area contributed by atoms with Crippen molar-refractivity contribution in [1.29, 1.82) is 0 Å². The number of benzene rings is 1. The largest absolute Gasteiger partial charge is 0.373 e. The highest BCUT2D eigenvalue weighted by Gasteiger charge is 2.22. The zero-order valence-electron chi connectivity index (χ0n) is 12.4. The summed E-state index contributed by atoms with van der Waals surface area (Å²) >= 11 is 0. The van der Waals surface area contributed by atoms with E-state index in [0.717, 1.165) is 54.5 Å². The van der Waals surface area contributed by atoms with Gasteiger partial charge in [-0.15, -0.1) is 0 Å². The third kappa shape index (κ3) is 2.68. The number of hydrogen-bond acceptors (Lipinski definition) is 4. The number of aryl methyl sites for hydroxylation is 1. The lowest BCUT2D eigenvalue weighted by Crippen LogP contribution is -2.16. The first-order valence-electron chi connectivity index (χ1n) is 7.33. The van der Waals surface area contributed by atoms with Crippen LogP contribution in [0.5, 0.6) is 0 Å². The fraction of sp³-hybridized carbons (Fsp3) is 0.375. The van der Waals surface area contributed by atoms with Crippen LogP contribution in [0.15, 0.2) is 24.3 Å². The van der Waals surface area contributed by atoms with E-state index in [1.54, 1.807) is 6.07 Å². The van der Waals surface area contributed by atoms with E-state index in [4.69, 9.17) is 0 Å². The van der Waals surface area contributed by atoms with E-state index in [1.165, 1.54) is 6.07 Å². The van der Waals surface area contributed by atoms with Gasteiger partial charge >= 0.3 is 0 Å². The van der Waals surface area contributed by atoms with Crippen molar-refractivity contribution >= 4 is 17.3 Å². The molecule has 1 aliphatic heterocycles. The zero-order chi connectivity index (χ0) is 14.8. The lowest BCUT2D eigenvalue weighted by molar-refractivity contribution is 0.628. The summed E-state index contributed by atoms with van der Waals surface area (Å²) < 4.78 is 13.5. The lowest BCUT2D eigenvalue weighted by atomic mass is 10.2. The third-order valence-corrected chi connectivity index (χ3v) is 3.71. The molecule has 4 nitrogen and oxygen atoms in total. The molecule has 1 N–H and O–H groups in total. The highest BCUT2D eigenvalue weighted by Crippen LogP contribution is 2.34. The normalized spacial score (nSPS) is 13.4. The molecule has 0 amide bonds. The fourth-order valence-electron chi connectivity index (χ4n) is 2.68. The van der Waals surface area contributed by atoms with Gasteiger partial charge in [-0.2, -0.15) is 0 Å². The molecule has 21 heavy (non-hydrogen) atoms. The summed E-state index contributed by atoms with van der Waals surface area (Å²) in [5.41, 5.74) is 2.08. The van der Waals surface area contributed by atoms with Crippen molar-refractivity contribution in [2.24, 2.45) is 0 Å². The monoisotopic (exact) mass is 286 g/mol. The molecule has 0 spiro atoms. The summed E-state index contributed by atoms with van der Waals surface area (Å²) in [6, 6.07) is 6.88. The maximum Gasteiger partial charge on any atom is 0.138 e. The molecule has 0 radical (unpaired) electrons.